The third-order valence-corrected chi connectivity index (χ3v) is 3.67. The number of rotatable bonds is 10. The van der Waals surface area contributed by atoms with Crippen molar-refractivity contribution in [2.24, 2.45) is 0 Å². The largest absolute Gasteiger partial charge is 0.496 e. The summed E-state index contributed by atoms with van der Waals surface area (Å²) in [5.41, 5.74) is 1.07. The lowest BCUT2D eigenvalue weighted by Crippen LogP contribution is -2.33. The molecule has 0 aliphatic rings. The minimum absolute atomic E-state index is 0.0128. The Morgan fingerprint density at radius 2 is 1.54 bits per heavy atom. The highest BCUT2D eigenvalue weighted by Crippen LogP contribution is 2.30. The van der Waals surface area contributed by atoms with Crippen LogP contribution in [0.2, 0.25) is 0 Å². The third kappa shape index (κ3) is 6.29. The molecule has 26 heavy (non-hydrogen) atoms. The van der Waals surface area contributed by atoms with Crippen molar-refractivity contribution < 1.29 is 19.0 Å². The van der Waals surface area contributed by atoms with Gasteiger partial charge in [0.25, 0.3) is 0 Å². The number of carbonyl (C=O) groups excluding carboxylic acids is 1. The van der Waals surface area contributed by atoms with Gasteiger partial charge in [-0.15, -0.1) is 0 Å². The highest BCUT2D eigenvalue weighted by molar-refractivity contribution is 5.77. The molecule has 0 heterocycles. The first-order valence-corrected chi connectivity index (χ1v) is 8.62. The number of amides is 1. The molecule has 0 aromatic heterocycles. The van der Waals surface area contributed by atoms with Gasteiger partial charge in [-0.3, -0.25) is 4.79 Å². The summed E-state index contributed by atoms with van der Waals surface area (Å²) in [4.78, 5) is 11.5. The van der Waals surface area contributed by atoms with Gasteiger partial charge in [-0.2, -0.15) is 0 Å². The summed E-state index contributed by atoms with van der Waals surface area (Å²) in [5.74, 6) is 2.70. The van der Waals surface area contributed by atoms with Crippen molar-refractivity contribution in [2.75, 3.05) is 27.3 Å². The van der Waals surface area contributed by atoms with E-state index in [1.54, 1.807) is 32.4 Å². The molecule has 6 nitrogen and oxygen atoms in total. The average Bonchev–Trinajstić information content (AvgIpc) is 2.67. The molecule has 1 amide bonds. The highest BCUT2D eigenvalue weighted by atomic mass is 16.5. The van der Waals surface area contributed by atoms with Gasteiger partial charge in [0.15, 0.2) is 0 Å². The lowest BCUT2D eigenvalue weighted by atomic mass is 10.2. The summed E-state index contributed by atoms with van der Waals surface area (Å²) in [6.45, 7) is 3.66. The minimum Gasteiger partial charge on any atom is -0.496 e. The standard InChI is InChI=1S/C20H26N2O4/c1-4-9-22-20(23)14-21-13-15-5-7-16(8-6-15)26-19-11-17(24-2)10-18(12-19)25-3/h5-8,10-12,21H,4,9,13-14H2,1-3H3,(H,22,23). The van der Waals surface area contributed by atoms with Crippen LogP contribution in [0.3, 0.4) is 0 Å². The van der Waals surface area contributed by atoms with Gasteiger partial charge < -0.3 is 24.8 Å². The Labute approximate surface area is 154 Å². The van der Waals surface area contributed by atoms with Gasteiger partial charge in [0, 0.05) is 31.3 Å². The molecule has 2 rings (SSSR count). The fourth-order valence-corrected chi connectivity index (χ4v) is 2.30. The van der Waals surface area contributed by atoms with Gasteiger partial charge in [0.1, 0.15) is 23.0 Å². The van der Waals surface area contributed by atoms with Crippen molar-refractivity contribution in [1.82, 2.24) is 10.6 Å². The Morgan fingerprint density at radius 3 is 2.12 bits per heavy atom. The van der Waals surface area contributed by atoms with Crippen LogP contribution in [0.5, 0.6) is 23.0 Å². The van der Waals surface area contributed by atoms with Crippen LogP contribution in [0.25, 0.3) is 0 Å². The SMILES string of the molecule is CCCNC(=O)CNCc1ccc(Oc2cc(OC)cc(OC)c2)cc1. The predicted octanol–water partition coefficient (Wildman–Crippen LogP) is 3.11. The minimum atomic E-state index is 0.0128. The van der Waals surface area contributed by atoms with Crippen molar-refractivity contribution >= 4 is 5.91 Å². The van der Waals surface area contributed by atoms with Crippen LogP contribution in [0, 0.1) is 0 Å². The van der Waals surface area contributed by atoms with Gasteiger partial charge in [0.05, 0.1) is 20.8 Å². The van der Waals surface area contributed by atoms with E-state index in [9.17, 15) is 4.79 Å². The molecule has 0 atom stereocenters. The summed E-state index contributed by atoms with van der Waals surface area (Å²) in [6, 6.07) is 13.1. The Morgan fingerprint density at radius 1 is 0.923 bits per heavy atom. The molecule has 6 heteroatoms. The second kappa shape index (κ2) is 10.3. The van der Waals surface area contributed by atoms with E-state index in [2.05, 4.69) is 10.6 Å². The zero-order valence-corrected chi connectivity index (χ0v) is 15.5. The number of methoxy groups -OCH3 is 2. The molecule has 2 N–H and O–H groups in total. The molecular weight excluding hydrogens is 332 g/mol. The molecular formula is C20H26N2O4. The fraction of sp³-hybridized carbons (Fsp3) is 0.350. The van der Waals surface area contributed by atoms with E-state index in [-0.39, 0.29) is 5.91 Å². The second-order valence-electron chi connectivity index (χ2n) is 5.75. The molecule has 0 saturated carbocycles. The van der Waals surface area contributed by atoms with Gasteiger partial charge in [0.2, 0.25) is 5.91 Å². The van der Waals surface area contributed by atoms with E-state index in [4.69, 9.17) is 14.2 Å². The topological polar surface area (TPSA) is 68.8 Å². The van der Waals surface area contributed by atoms with E-state index in [1.807, 2.05) is 31.2 Å². The number of carbonyl (C=O) groups is 1. The second-order valence-corrected chi connectivity index (χ2v) is 5.75. The normalized spacial score (nSPS) is 10.3. The molecule has 2 aromatic carbocycles. The number of ether oxygens (including phenoxy) is 3. The lowest BCUT2D eigenvalue weighted by molar-refractivity contribution is -0.120. The van der Waals surface area contributed by atoms with E-state index < -0.39 is 0 Å². The number of hydrogen-bond donors (Lipinski definition) is 2. The van der Waals surface area contributed by atoms with Crippen LogP contribution in [-0.4, -0.2) is 33.2 Å². The van der Waals surface area contributed by atoms with E-state index in [0.29, 0.717) is 42.6 Å². The van der Waals surface area contributed by atoms with Crippen LogP contribution in [0.15, 0.2) is 42.5 Å². The Bertz CT molecular complexity index is 679. The molecule has 140 valence electrons. The molecule has 0 unspecified atom stereocenters. The van der Waals surface area contributed by atoms with Crippen LogP contribution < -0.4 is 24.8 Å². The first-order valence-electron chi connectivity index (χ1n) is 8.62. The van der Waals surface area contributed by atoms with Crippen LogP contribution >= 0.6 is 0 Å². The maximum Gasteiger partial charge on any atom is 0.233 e. The Balaban J connectivity index is 1.88. The average molecular weight is 358 g/mol. The summed E-state index contributed by atoms with van der Waals surface area (Å²) < 4.78 is 16.3. The maximum absolute atomic E-state index is 11.5. The summed E-state index contributed by atoms with van der Waals surface area (Å²) in [5, 5.41) is 5.96. The lowest BCUT2D eigenvalue weighted by Gasteiger charge is -2.11. The van der Waals surface area contributed by atoms with Gasteiger partial charge in [-0.25, -0.2) is 0 Å². The third-order valence-electron chi connectivity index (χ3n) is 3.67. The molecule has 0 fully saturated rings. The van der Waals surface area contributed by atoms with E-state index >= 15 is 0 Å². The molecule has 0 saturated heterocycles. The Kier molecular flexibility index (Phi) is 7.76. The van der Waals surface area contributed by atoms with Crippen molar-refractivity contribution in [3.8, 4) is 23.0 Å². The molecule has 0 bridgehead atoms. The van der Waals surface area contributed by atoms with Gasteiger partial charge in [-0.05, 0) is 24.1 Å². The maximum atomic E-state index is 11.5. The van der Waals surface area contributed by atoms with Crippen molar-refractivity contribution in [3.05, 3.63) is 48.0 Å². The zero-order valence-electron chi connectivity index (χ0n) is 15.5. The van der Waals surface area contributed by atoms with Crippen molar-refractivity contribution in [2.45, 2.75) is 19.9 Å². The molecule has 0 aliphatic heterocycles. The Hall–Kier alpha value is -2.73. The number of hydrogen-bond acceptors (Lipinski definition) is 5. The zero-order chi connectivity index (χ0) is 18.8. The van der Waals surface area contributed by atoms with Crippen LogP contribution in [0.4, 0.5) is 0 Å². The van der Waals surface area contributed by atoms with Crippen molar-refractivity contribution in [3.63, 3.8) is 0 Å². The highest BCUT2D eigenvalue weighted by Gasteiger charge is 2.05. The monoisotopic (exact) mass is 358 g/mol. The predicted molar refractivity (Wildman–Crippen MR) is 101 cm³/mol. The van der Waals surface area contributed by atoms with E-state index in [0.717, 1.165) is 12.0 Å². The fourth-order valence-electron chi connectivity index (χ4n) is 2.30. The quantitative estimate of drug-likeness (QED) is 0.683. The molecule has 0 aliphatic carbocycles. The molecule has 2 aromatic rings. The molecule has 0 spiro atoms. The van der Waals surface area contributed by atoms with Crippen molar-refractivity contribution in [1.29, 1.82) is 0 Å². The van der Waals surface area contributed by atoms with Gasteiger partial charge >= 0.3 is 0 Å². The summed E-state index contributed by atoms with van der Waals surface area (Å²) >= 11 is 0. The smallest absolute Gasteiger partial charge is 0.233 e. The first-order chi connectivity index (χ1) is 12.6. The van der Waals surface area contributed by atoms with E-state index in [1.165, 1.54) is 0 Å². The van der Waals surface area contributed by atoms with Crippen LogP contribution in [-0.2, 0) is 11.3 Å². The number of benzene rings is 2. The summed E-state index contributed by atoms with van der Waals surface area (Å²) in [7, 11) is 3.20. The summed E-state index contributed by atoms with van der Waals surface area (Å²) in [6.07, 6.45) is 0.937. The number of nitrogens with one attached hydrogen (secondary N) is 2. The molecule has 0 radical (unpaired) electrons. The van der Waals surface area contributed by atoms with Crippen LogP contribution in [0.1, 0.15) is 18.9 Å². The first kappa shape index (κ1) is 19.6. The van der Waals surface area contributed by atoms with Gasteiger partial charge in [-0.1, -0.05) is 19.1 Å².